The van der Waals surface area contributed by atoms with E-state index < -0.39 is 0 Å². The van der Waals surface area contributed by atoms with Crippen molar-refractivity contribution in [2.75, 3.05) is 0 Å². The fourth-order valence-corrected chi connectivity index (χ4v) is 7.90. The molecule has 2 aromatic carbocycles. The van der Waals surface area contributed by atoms with Crippen LogP contribution in [-0.2, 0) is 0 Å². The first-order valence-corrected chi connectivity index (χ1v) is 15.5. The van der Waals surface area contributed by atoms with Crippen LogP contribution in [0.1, 0.15) is 169 Å². The Labute approximate surface area is 210 Å². The van der Waals surface area contributed by atoms with E-state index in [0.29, 0.717) is 0 Å². The quantitative estimate of drug-likeness (QED) is 0.429. The minimum atomic E-state index is 0.791. The molecular weight excluding hydrogens is 408 g/mol. The number of benzene rings is 2. The summed E-state index contributed by atoms with van der Waals surface area (Å²) >= 11 is 0. The van der Waals surface area contributed by atoms with Gasteiger partial charge in [0, 0.05) is 0 Å². The van der Waals surface area contributed by atoms with Gasteiger partial charge in [0.15, 0.2) is 0 Å². The summed E-state index contributed by atoms with van der Waals surface area (Å²) in [4.78, 5) is 0. The van der Waals surface area contributed by atoms with E-state index in [1.54, 1.807) is 10.8 Å². The molecule has 0 nitrogen and oxygen atoms in total. The smallest absolute Gasteiger partial charge is 0.0146 e. The average molecular weight is 459 g/mol. The molecule has 3 saturated carbocycles. The topological polar surface area (TPSA) is 0 Å². The molecule has 5 rings (SSSR count). The van der Waals surface area contributed by atoms with Crippen molar-refractivity contribution >= 4 is 10.8 Å². The summed E-state index contributed by atoms with van der Waals surface area (Å²) in [5.41, 5.74) is 5.57. The Morgan fingerprint density at radius 3 is 1.35 bits per heavy atom. The van der Waals surface area contributed by atoms with Crippen molar-refractivity contribution < 1.29 is 0 Å². The highest BCUT2D eigenvalue weighted by Gasteiger charge is 2.29. The largest absolute Gasteiger partial charge is 0.0616 e. The van der Waals surface area contributed by atoms with E-state index in [4.69, 9.17) is 0 Å². The van der Waals surface area contributed by atoms with Crippen LogP contribution in [0.4, 0.5) is 0 Å². The second kappa shape index (κ2) is 12.6. The highest BCUT2D eigenvalue weighted by atomic mass is 14.3. The van der Waals surface area contributed by atoms with Gasteiger partial charge in [0.05, 0.1) is 0 Å². The standard InChI is InChI=1S/C34H50/c1-4-10-18-27(19-11-5-1)32-26-30-24-16-17-25-31(30)33(28-20-12-6-2-7-13-21-28)34(32)29-22-14-8-3-9-15-23-29/h16-17,24-29H,1-15,18-23H2. The van der Waals surface area contributed by atoms with Crippen molar-refractivity contribution in [1.82, 2.24) is 0 Å². The summed E-state index contributed by atoms with van der Waals surface area (Å²) in [7, 11) is 0. The van der Waals surface area contributed by atoms with Crippen LogP contribution in [0.3, 0.4) is 0 Å². The Morgan fingerprint density at radius 2 is 0.824 bits per heavy atom. The Morgan fingerprint density at radius 1 is 0.412 bits per heavy atom. The van der Waals surface area contributed by atoms with Crippen LogP contribution in [-0.4, -0.2) is 0 Å². The van der Waals surface area contributed by atoms with Gasteiger partial charge in [-0.2, -0.15) is 0 Å². The zero-order valence-corrected chi connectivity index (χ0v) is 22.0. The molecule has 0 bridgehead atoms. The fourth-order valence-electron chi connectivity index (χ4n) is 7.90. The van der Waals surface area contributed by atoms with Crippen LogP contribution >= 0.6 is 0 Å². The molecule has 0 N–H and O–H groups in total. The third kappa shape index (κ3) is 5.91. The molecule has 186 valence electrons. The fraction of sp³-hybridized carbons (Fsp3) is 0.706. The van der Waals surface area contributed by atoms with Crippen molar-refractivity contribution in [1.29, 1.82) is 0 Å². The lowest BCUT2D eigenvalue weighted by molar-refractivity contribution is 0.422. The molecule has 0 saturated heterocycles. The molecule has 0 amide bonds. The molecule has 0 spiro atoms. The lowest BCUT2D eigenvalue weighted by Gasteiger charge is -2.34. The number of hydrogen-bond acceptors (Lipinski definition) is 0. The summed E-state index contributed by atoms with van der Waals surface area (Å²) in [6.07, 6.45) is 30.4. The predicted molar refractivity (Wildman–Crippen MR) is 149 cm³/mol. The first-order valence-electron chi connectivity index (χ1n) is 15.5. The maximum Gasteiger partial charge on any atom is -0.0146 e. The van der Waals surface area contributed by atoms with Gasteiger partial charge < -0.3 is 0 Å². The van der Waals surface area contributed by atoms with E-state index in [0.717, 1.165) is 17.8 Å². The molecule has 3 fully saturated rings. The number of fused-ring (bicyclic) bond motifs is 1. The summed E-state index contributed by atoms with van der Waals surface area (Å²) < 4.78 is 0. The number of hydrogen-bond donors (Lipinski definition) is 0. The van der Waals surface area contributed by atoms with Crippen LogP contribution in [0, 0.1) is 0 Å². The highest BCUT2D eigenvalue weighted by Crippen LogP contribution is 2.48. The zero-order chi connectivity index (χ0) is 23.0. The minimum absolute atomic E-state index is 0.791. The molecule has 0 atom stereocenters. The molecule has 3 aliphatic carbocycles. The summed E-state index contributed by atoms with van der Waals surface area (Å²) in [5, 5.41) is 3.17. The predicted octanol–water partition coefficient (Wildman–Crippen LogP) is 11.3. The van der Waals surface area contributed by atoms with E-state index in [1.807, 2.05) is 16.7 Å². The zero-order valence-electron chi connectivity index (χ0n) is 22.0. The second-order valence-electron chi connectivity index (χ2n) is 12.1. The van der Waals surface area contributed by atoms with Gasteiger partial charge in [-0.05, 0) is 83.7 Å². The highest BCUT2D eigenvalue weighted by molar-refractivity contribution is 5.89. The van der Waals surface area contributed by atoms with E-state index in [1.165, 1.54) is 135 Å². The van der Waals surface area contributed by atoms with Crippen molar-refractivity contribution in [2.24, 2.45) is 0 Å². The minimum Gasteiger partial charge on any atom is -0.0616 e. The summed E-state index contributed by atoms with van der Waals surface area (Å²) in [6, 6.07) is 12.3. The molecule has 0 aromatic heterocycles. The van der Waals surface area contributed by atoms with Gasteiger partial charge >= 0.3 is 0 Å². The first kappa shape index (κ1) is 24.4. The van der Waals surface area contributed by atoms with Gasteiger partial charge in [-0.1, -0.05) is 127 Å². The third-order valence-corrected chi connectivity index (χ3v) is 9.73. The van der Waals surface area contributed by atoms with Gasteiger partial charge in [0.1, 0.15) is 0 Å². The molecule has 34 heavy (non-hydrogen) atoms. The first-order chi connectivity index (χ1) is 16.9. The van der Waals surface area contributed by atoms with E-state index >= 15 is 0 Å². The van der Waals surface area contributed by atoms with Crippen LogP contribution < -0.4 is 0 Å². The Balaban J connectivity index is 1.66. The molecule has 0 heterocycles. The van der Waals surface area contributed by atoms with Crippen molar-refractivity contribution in [3.63, 3.8) is 0 Å². The Hall–Kier alpha value is -1.30. The third-order valence-electron chi connectivity index (χ3n) is 9.73. The second-order valence-corrected chi connectivity index (χ2v) is 12.1. The molecule has 2 aromatic rings. The van der Waals surface area contributed by atoms with Gasteiger partial charge in [0.2, 0.25) is 0 Å². The maximum atomic E-state index is 2.71. The van der Waals surface area contributed by atoms with Gasteiger partial charge in [-0.15, -0.1) is 0 Å². The van der Waals surface area contributed by atoms with Gasteiger partial charge in [-0.25, -0.2) is 0 Å². The molecule has 3 aliphatic rings. The van der Waals surface area contributed by atoms with E-state index in [-0.39, 0.29) is 0 Å². The van der Waals surface area contributed by atoms with Crippen LogP contribution in [0.15, 0.2) is 30.3 Å². The van der Waals surface area contributed by atoms with Crippen molar-refractivity contribution in [2.45, 2.75) is 153 Å². The molecule has 0 aliphatic heterocycles. The normalized spacial score (nSPS) is 23.4. The van der Waals surface area contributed by atoms with E-state index in [9.17, 15) is 0 Å². The molecule has 0 heteroatoms. The SMILES string of the molecule is c1ccc2c(C3CCCCCCC3)c(C3CCCCCCC3)c(C3CCCCCCC3)cc2c1. The maximum absolute atomic E-state index is 2.71. The lowest BCUT2D eigenvalue weighted by Crippen LogP contribution is -2.16. The van der Waals surface area contributed by atoms with E-state index in [2.05, 4.69) is 30.3 Å². The Bertz CT molecular complexity index is 868. The van der Waals surface area contributed by atoms with Gasteiger partial charge in [-0.3, -0.25) is 0 Å². The molecule has 0 radical (unpaired) electrons. The number of rotatable bonds is 3. The average Bonchev–Trinajstić information content (AvgIpc) is 2.78. The van der Waals surface area contributed by atoms with Crippen molar-refractivity contribution in [3.8, 4) is 0 Å². The lowest BCUT2D eigenvalue weighted by atomic mass is 9.71. The molecular formula is C34H50. The van der Waals surface area contributed by atoms with Crippen LogP contribution in [0.5, 0.6) is 0 Å². The monoisotopic (exact) mass is 458 g/mol. The summed E-state index contributed by atoms with van der Waals surface area (Å²) in [5.74, 6) is 2.41. The van der Waals surface area contributed by atoms with Gasteiger partial charge in [0.25, 0.3) is 0 Å². The summed E-state index contributed by atoms with van der Waals surface area (Å²) in [6.45, 7) is 0. The van der Waals surface area contributed by atoms with Crippen LogP contribution in [0.25, 0.3) is 10.8 Å². The molecule has 0 unspecified atom stereocenters. The Kier molecular flexibility index (Phi) is 9.04. The van der Waals surface area contributed by atoms with Crippen LogP contribution in [0.2, 0.25) is 0 Å². The van der Waals surface area contributed by atoms with Crippen molar-refractivity contribution in [3.05, 3.63) is 47.0 Å².